The molecule has 23 heavy (non-hydrogen) atoms. The summed E-state index contributed by atoms with van der Waals surface area (Å²) in [6, 6.07) is 7.45. The van der Waals surface area contributed by atoms with Crippen molar-refractivity contribution in [1.82, 2.24) is 0 Å². The van der Waals surface area contributed by atoms with Crippen molar-refractivity contribution < 1.29 is 27.1 Å². The van der Waals surface area contributed by atoms with Crippen molar-refractivity contribution in [3.63, 3.8) is 0 Å². The van der Waals surface area contributed by atoms with Crippen molar-refractivity contribution >= 4 is 23.2 Å². The monoisotopic (exact) mass is 341 g/mol. The van der Waals surface area contributed by atoms with Gasteiger partial charge in [-0.2, -0.15) is 0 Å². The van der Waals surface area contributed by atoms with Crippen molar-refractivity contribution in [2.45, 2.75) is 12.8 Å². The van der Waals surface area contributed by atoms with E-state index < -0.39 is 22.9 Å². The Morgan fingerprint density at radius 1 is 1.17 bits per heavy atom. The zero-order valence-electron chi connectivity index (χ0n) is 11.8. The van der Waals surface area contributed by atoms with Crippen LogP contribution in [0, 0.1) is 11.6 Å². The van der Waals surface area contributed by atoms with Gasteiger partial charge >= 0.3 is 0 Å². The Labute approximate surface area is 133 Å². The molecule has 2 rings (SSSR count). The minimum atomic E-state index is -2.35. The Kier molecular flexibility index (Phi) is 5.78. The SMILES string of the molecule is O=CCCc1ccc(NS(=O)O)c(Oc2ccc(F)cc2F)c1. The first-order valence-electron chi connectivity index (χ1n) is 6.56. The lowest BCUT2D eigenvalue weighted by molar-refractivity contribution is -0.107. The molecule has 0 saturated heterocycles. The van der Waals surface area contributed by atoms with Gasteiger partial charge in [-0.05, 0) is 36.2 Å². The summed E-state index contributed by atoms with van der Waals surface area (Å²) in [7, 11) is 0. The molecule has 0 aliphatic heterocycles. The number of hydrogen-bond donors (Lipinski definition) is 2. The molecule has 0 bridgehead atoms. The van der Waals surface area contributed by atoms with Crippen molar-refractivity contribution in [2.75, 3.05) is 4.72 Å². The fraction of sp³-hybridized carbons (Fsp3) is 0.133. The van der Waals surface area contributed by atoms with Gasteiger partial charge in [-0.3, -0.25) is 9.27 Å². The molecule has 0 aromatic heterocycles. The third kappa shape index (κ3) is 4.83. The van der Waals surface area contributed by atoms with Crippen LogP contribution in [-0.4, -0.2) is 15.0 Å². The summed E-state index contributed by atoms with van der Waals surface area (Å²) >= 11 is -2.35. The molecule has 0 heterocycles. The first-order valence-corrected chi connectivity index (χ1v) is 7.67. The molecular weight excluding hydrogens is 328 g/mol. The van der Waals surface area contributed by atoms with Crippen LogP contribution in [0.25, 0.3) is 0 Å². The van der Waals surface area contributed by atoms with Gasteiger partial charge in [0.2, 0.25) is 0 Å². The van der Waals surface area contributed by atoms with E-state index in [1.165, 1.54) is 12.1 Å². The van der Waals surface area contributed by atoms with Gasteiger partial charge in [-0.1, -0.05) is 6.07 Å². The minimum Gasteiger partial charge on any atom is -0.452 e. The summed E-state index contributed by atoms with van der Waals surface area (Å²) in [4.78, 5) is 10.4. The zero-order valence-corrected chi connectivity index (χ0v) is 12.6. The van der Waals surface area contributed by atoms with Gasteiger partial charge in [-0.25, -0.2) is 13.0 Å². The molecule has 122 valence electrons. The molecular formula is C15H13F2NO4S. The Morgan fingerprint density at radius 2 is 1.96 bits per heavy atom. The lowest BCUT2D eigenvalue weighted by Crippen LogP contribution is -2.04. The van der Waals surface area contributed by atoms with E-state index in [4.69, 9.17) is 9.29 Å². The lowest BCUT2D eigenvalue weighted by Gasteiger charge is -2.13. The number of aldehydes is 1. The molecule has 0 saturated carbocycles. The maximum Gasteiger partial charge on any atom is 0.259 e. The summed E-state index contributed by atoms with van der Waals surface area (Å²) in [5.74, 6) is -1.80. The molecule has 8 heteroatoms. The smallest absolute Gasteiger partial charge is 0.259 e. The number of benzene rings is 2. The Bertz CT molecular complexity index is 739. The van der Waals surface area contributed by atoms with Crippen molar-refractivity contribution in [3.8, 4) is 11.5 Å². The highest BCUT2D eigenvalue weighted by molar-refractivity contribution is 7.80. The standard InChI is InChI=1S/C15H13F2NO4S/c16-11-4-6-14(12(17)9-11)22-15-8-10(2-1-7-19)3-5-13(15)18-23(20)21/h3-9,18H,1-2H2,(H,20,21). The number of anilines is 1. The van der Waals surface area contributed by atoms with Gasteiger partial charge in [0.15, 0.2) is 17.3 Å². The highest BCUT2D eigenvalue weighted by Crippen LogP contribution is 2.32. The first kappa shape index (κ1) is 17.0. The van der Waals surface area contributed by atoms with E-state index >= 15 is 0 Å². The second-order valence-electron chi connectivity index (χ2n) is 4.56. The van der Waals surface area contributed by atoms with Crippen molar-refractivity contribution in [2.24, 2.45) is 0 Å². The van der Waals surface area contributed by atoms with Crippen molar-refractivity contribution in [1.29, 1.82) is 0 Å². The minimum absolute atomic E-state index is 0.0845. The molecule has 0 radical (unpaired) electrons. The van der Waals surface area contributed by atoms with E-state index in [1.54, 1.807) is 6.07 Å². The van der Waals surface area contributed by atoms with E-state index in [0.717, 1.165) is 24.0 Å². The van der Waals surface area contributed by atoms with Gasteiger partial charge in [0, 0.05) is 12.5 Å². The molecule has 0 aliphatic carbocycles. The molecule has 1 atom stereocenters. The largest absolute Gasteiger partial charge is 0.452 e. The first-order chi connectivity index (χ1) is 11.0. The Hall–Kier alpha value is -2.32. The predicted octanol–water partition coefficient (Wildman–Crippen LogP) is 3.44. The van der Waals surface area contributed by atoms with Gasteiger partial charge in [0.05, 0.1) is 5.69 Å². The maximum absolute atomic E-state index is 13.7. The number of carbonyl (C=O) groups is 1. The maximum atomic E-state index is 13.7. The fourth-order valence-electron chi connectivity index (χ4n) is 1.89. The molecule has 2 aromatic carbocycles. The van der Waals surface area contributed by atoms with Gasteiger partial charge in [0.25, 0.3) is 11.3 Å². The number of nitrogens with one attached hydrogen (secondary N) is 1. The van der Waals surface area contributed by atoms with Crippen LogP contribution in [0.1, 0.15) is 12.0 Å². The van der Waals surface area contributed by atoms with Crippen LogP contribution in [0.2, 0.25) is 0 Å². The van der Waals surface area contributed by atoms with Gasteiger partial charge < -0.3 is 9.53 Å². The third-order valence-electron chi connectivity index (χ3n) is 2.91. The van der Waals surface area contributed by atoms with Crippen LogP contribution in [0.3, 0.4) is 0 Å². The molecule has 5 nitrogen and oxygen atoms in total. The van der Waals surface area contributed by atoms with Crippen LogP contribution in [-0.2, 0) is 22.5 Å². The Morgan fingerprint density at radius 3 is 2.61 bits per heavy atom. The molecule has 0 aliphatic rings. The summed E-state index contributed by atoms with van der Waals surface area (Å²) in [5, 5.41) is 0. The highest BCUT2D eigenvalue weighted by atomic mass is 32.2. The number of ether oxygens (including phenoxy) is 1. The van der Waals surface area contributed by atoms with E-state index in [1.807, 2.05) is 0 Å². The van der Waals surface area contributed by atoms with E-state index in [0.29, 0.717) is 18.9 Å². The molecule has 0 spiro atoms. The number of hydrogen-bond acceptors (Lipinski definition) is 3. The van der Waals surface area contributed by atoms with Crippen LogP contribution in [0.15, 0.2) is 36.4 Å². The van der Waals surface area contributed by atoms with Gasteiger partial charge in [-0.15, -0.1) is 0 Å². The van der Waals surface area contributed by atoms with E-state index in [2.05, 4.69) is 4.72 Å². The number of halogens is 2. The summed E-state index contributed by atoms with van der Waals surface area (Å²) in [5.41, 5.74) is 0.883. The Balaban J connectivity index is 2.35. The predicted molar refractivity (Wildman–Crippen MR) is 81.7 cm³/mol. The summed E-state index contributed by atoms with van der Waals surface area (Å²) < 4.78 is 54.1. The summed E-state index contributed by atoms with van der Waals surface area (Å²) in [6.45, 7) is 0. The van der Waals surface area contributed by atoms with Crippen LogP contribution < -0.4 is 9.46 Å². The van der Waals surface area contributed by atoms with E-state index in [-0.39, 0.29) is 17.2 Å². The van der Waals surface area contributed by atoms with Crippen LogP contribution in [0.4, 0.5) is 14.5 Å². The van der Waals surface area contributed by atoms with Crippen molar-refractivity contribution in [3.05, 3.63) is 53.6 Å². The van der Waals surface area contributed by atoms with E-state index in [9.17, 15) is 17.8 Å². The van der Waals surface area contributed by atoms with Crippen LogP contribution >= 0.6 is 0 Å². The average Bonchev–Trinajstić information content (AvgIpc) is 2.49. The number of carbonyl (C=O) groups excluding carboxylic acids is 1. The summed E-state index contributed by atoms with van der Waals surface area (Å²) in [6.07, 6.45) is 1.49. The average molecular weight is 341 g/mol. The molecule has 2 aromatic rings. The fourth-order valence-corrected chi connectivity index (χ4v) is 2.24. The number of rotatable bonds is 7. The topological polar surface area (TPSA) is 75.6 Å². The quantitative estimate of drug-likeness (QED) is 0.597. The lowest BCUT2D eigenvalue weighted by atomic mass is 10.1. The van der Waals surface area contributed by atoms with Crippen LogP contribution in [0.5, 0.6) is 11.5 Å². The molecule has 1 unspecified atom stereocenters. The molecule has 0 amide bonds. The van der Waals surface area contributed by atoms with Gasteiger partial charge in [0.1, 0.15) is 12.1 Å². The normalized spacial score (nSPS) is 11.8. The third-order valence-corrected chi connectivity index (χ3v) is 3.30. The second kappa shape index (κ2) is 7.80. The number of aryl methyl sites for hydroxylation is 1. The molecule has 0 fully saturated rings. The molecule has 2 N–H and O–H groups in total. The highest BCUT2D eigenvalue weighted by Gasteiger charge is 2.12. The second-order valence-corrected chi connectivity index (χ2v) is 5.27. The zero-order chi connectivity index (χ0) is 16.8.